The van der Waals surface area contributed by atoms with Gasteiger partial charge in [0.25, 0.3) is 0 Å². The molecule has 0 aliphatic carbocycles. The number of hydrogen-bond donors (Lipinski definition) is 2. The fraction of sp³-hybridized carbons (Fsp3) is 0.500. The van der Waals surface area contributed by atoms with Crippen molar-refractivity contribution in [2.75, 3.05) is 20.8 Å². The predicted molar refractivity (Wildman–Crippen MR) is 63.6 cm³/mol. The highest BCUT2D eigenvalue weighted by atomic mass is 16.5. The van der Waals surface area contributed by atoms with E-state index in [1.165, 1.54) is 28.1 Å². The molecule has 0 unspecified atom stereocenters. The van der Waals surface area contributed by atoms with E-state index in [-0.39, 0.29) is 11.1 Å². The minimum atomic E-state index is -1.82. The van der Waals surface area contributed by atoms with Crippen LogP contribution in [0, 0.1) is 0 Å². The van der Waals surface area contributed by atoms with E-state index in [0.717, 1.165) is 12.2 Å². The van der Waals surface area contributed by atoms with Crippen molar-refractivity contribution in [1.29, 1.82) is 0 Å². The van der Waals surface area contributed by atoms with Crippen LogP contribution in [0.2, 0.25) is 0 Å². The fourth-order valence-electron chi connectivity index (χ4n) is 1.32. The van der Waals surface area contributed by atoms with Gasteiger partial charge in [-0.1, -0.05) is 0 Å². The smallest absolute Gasteiger partial charge is 0.333 e. The largest absolute Gasteiger partial charge is 0.466 e. The zero-order chi connectivity index (χ0) is 14.3. The minimum Gasteiger partial charge on any atom is -0.466 e. The van der Waals surface area contributed by atoms with Gasteiger partial charge in [0.05, 0.1) is 20.8 Å². The molecule has 0 radical (unpaired) electrons. The van der Waals surface area contributed by atoms with Crippen molar-refractivity contribution < 1.29 is 29.3 Å². The van der Waals surface area contributed by atoms with Crippen molar-refractivity contribution in [1.82, 2.24) is 0 Å². The molecule has 0 amide bonds. The van der Waals surface area contributed by atoms with Crippen molar-refractivity contribution in [3.8, 4) is 0 Å². The first kappa shape index (κ1) is 16.3. The molecule has 0 spiro atoms. The normalized spacial score (nSPS) is 15.9. The highest BCUT2D eigenvalue weighted by Crippen LogP contribution is 2.15. The van der Waals surface area contributed by atoms with Gasteiger partial charge >= 0.3 is 11.9 Å². The first-order chi connectivity index (χ1) is 8.29. The molecule has 0 aromatic carbocycles. The summed E-state index contributed by atoms with van der Waals surface area (Å²) in [6, 6.07) is 0. The number of esters is 2. The summed E-state index contributed by atoms with van der Waals surface area (Å²) in [6.07, 6.45) is 2.23. The van der Waals surface area contributed by atoms with Gasteiger partial charge in [0.15, 0.2) is 0 Å². The lowest BCUT2D eigenvalue weighted by molar-refractivity contribution is -0.136. The van der Waals surface area contributed by atoms with E-state index >= 15 is 0 Å². The van der Waals surface area contributed by atoms with E-state index in [1.54, 1.807) is 0 Å². The molecule has 6 heteroatoms. The molecule has 0 saturated heterocycles. The number of carbonyl (C=O) groups is 2. The maximum atomic E-state index is 11.2. The Hall–Kier alpha value is -1.66. The Kier molecular flexibility index (Phi) is 6.29. The Bertz CT molecular complexity index is 348. The lowest BCUT2D eigenvalue weighted by Crippen LogP contribution is -2.30. The predicted octanol–water partition coefficient (Wildman–Crippen LogP) is -0.0516. The number of ether oxygens (including phenoxy) is 2. The summed E-state index contributed by atoms with van der Waals surface area (Å²) in [6.45, 7) is 2.16. The summed E-state index contributed by atoms with van der Waals surface area (Å²) in [4.78, 5) is 22.4. The standard InChI is InChI=1S/C12H18O6/c1-8(10(14)17-3)5-12(16,7-13)6-9(2)11(15)18-4/h5-6,13,16H,7H2,1-4H3. The summed E-state index contributed by atoms with van der Waals surface area (Å²) in [5.74, 6) is -1.27. The number of hydrogen-bond acceptors (Lipinski definition) is 6. The third-order valence-corrected chi connectivity index (χ3v) is 2.20. The summed E-state index contributed by atoms with van der Waals surface area (Å²) >= 11 is 0. The van der Waals surface area contributed by atoms with E-state index in [2.05, 4.69) is 9.47 Å². The van der Waals surface area contributed by atoms with Gasteiger partial charge in [-0.2, -0.15) is 0 Å². The molecule has 102 valence electrons. The molecule has 0 aromatic heterocycles. The van der Waals surface area contributed by atoms with Crippen LogP contribution < -0.4 is 0 Å². The molecule has 0 heterocycles. The van der Waals surface area contributed by atoms with E-state index in [9.17, 15) is 14.7 Å². The van der Waals surface area contributed by atoms with Gasteiger partial charge in [-0.05, 0) is 26.0 Å². The molecular formula is C12H18O6. The van der Waals surface area contributed by atoms with Crippen LogP contribution >= 0.6 is 0 Å². The lowest BCUT2D eigenvalue weighted by atomic mass is 9.98. The second-order valence-electron chi connectivity index (χ2n) is 3.79. The van der Waals surface area contributed by atoms with Crippen molar-refractivity contribution in [3.63, 3.8) is 0 Å². The number of aliphatic hydroxyl groups excluding tert-OH is 1. The van der Waals surface area contributed by atoms with Crippen LogP contribution in [-0.4, -0.2) is 48.6 Å². The zero-order valence-electron chi connectivity index (χ0n) is 10.9. The lowest BCUT2D eigenvalue weighted by Gasteiger charge is -2.19. The maximum absolute atomic E-state index is 11.2. The van der Waals surface area contributed by atoms with Gasteiger partial charge in [0.1, 0.15) is 5.60 Å². The first-order valence-electron chi connectivity index (χ1n) is 5.18. The number of carbonyl (C=O) groups excluding carboxylic acids is 2. The topological polar surface area (TPSA) is 93.1 Å². The summed E-state index contributed by atoms with van der Waals surface area (Å²) in [7, 11) is 2.40. The minimum absolute atomic E-state index is 0.114. The average Bonchev–Trinajstić information content (AvgIpc) is 2.36. The van der Waals surface area contributed by atoms with Crippen molar-refractivity contribution >= 4 is 11.9 Å². The van der Waals surface area contributed by atoms with Crippen LogP contribution in [0.4, 0.5) is 0 Å². The van der Waals surface area contributed by atoms with E-state index in [1.807, 2.05) is 0 Å². The van der Waals surface area contributed by atoms with Crippen LogP contribution in [0.15, 0.2) is 23.3 Å². The van der Waals surface area contributed by atoms with Crippen LogP contribution in [0.5, 0.6) is 0 Å². The summed E-state index contributed by atoms with van der Waals surface area (Å²) < 4.78 is 8.93. The Morgan fingerprint density at radius 3 is 1.61 bits per heavy atom. The highest BCUT2D eigenvalue weighted by Gasteiger charge is 2.24. The van der Waals surface area contributed by atoms with Gasteiger partial charge in [0.2, 0.25) is 0 Å². The Balaban J connectivity index is 5.27. The third-order valence-electron chi connectivity index (χ3n) is 2.20. The molecular weight excluding hydrogens is 240 g/mol. The molecule has 0 bridgehead atoms. The quantitative estimate of drug-likeness (QED) is 0.530. The Labute approximate surface area is 106 Å². The number of aliphatic hydroxyl groups is 2. The van der Waals surface area contributed by atoms with E-state index < -0.39 is 24.1 Å². The van der Waals surface area contributed by atoms with Crippen molar-refractivity contribution in [2.45, 2.75) is 19.4 Å². The Morgan fingerprint density at radius 1 is 1.06 bits per heavy atom. The SMILES string of the molecule is COC(=O)C(C)=CC(O)(C=C(C)C(=O)OC)CO. The summed E-state index contributed by atoms with van der Waals surface area (Å²) in [5, 5.41) is 19.2. The molecule has 2 N–H and O–H groups in total. The second kappa shape index (κ2) is 6.93. The van der Waals surface area contributed by atoms with Crippen LogP contribution in [0.3, 0.4) is 0 Å². The van der Waals surface area contributed by atoms with Crippen molar-refractivity contribution in [3.05, 3.63) is 23.3 Å². The monoisotopic (exact) mass is 258 g/mol. The average molecular weight is 258 g/mol. The first-order valence-corrected chi connectivity index (χ1v) is 5.18. The fourth-order valence-corrected chi connectivity index (χ4v) is 1.32. The molecule has 0 aliphatic heterocycles. The molecule has 0 atom stereocenters. The number of methoxy groups -OCH3 is 2. The molecule has 0 saturated carbocycles. The maximum Gasteiger partial charge on any atom is 0.333 e. The molecule has 0 rings (SSSR count). The summed E-state index contributed by atoms with van der Waals surface area (Å²) in [5.41, 5.74) is -1.60. The molecule has 0 fully saturated rings. The van der Waals surface area contributed by atoms with Gasteiger partial charge in [0, 0.05) is 11.1 Å². The van der Waals surface area contributed by atoms with E-state index in [0.29, 0.717) is 0 Å². The molecule has 0 aromatic rings. The molecule has 6 nitrogen and oxygen atoms in total. The van der Waals surface area contributed by atoms with E-state index in [4.69, 9.17) is 5.11 Å². The third kappa shape index (κ3) is 4.68. The highest BCUT2D eigenvalue weighted by molar-refractivity contribution is 5.89. The van der Waals surface area contributed by atoms with Gasteiger partial charge < -0.3 is 19.7 Å². The molecule has 0 aliphatic rings. The van der Waals surface area contributed by atoms with Crippen LogP contribution in [0.25, 0.3) is 0 Å². The Morgan fingerprint density at radius 2 is 1.39 bits per heavy atom. The molecule has 18 heavy (non-hydrogen) atoms. The van der Waals surface area contributed by atoms with Gasteiger partial charge in [-0.15, -0.1) is 0 Å². The van der Waals surface area contributed by atoms with Crippen LogP contribution in [-0.2, 0) is 19.1 Å². The zero-order valence-corrected chi connectivity index (χ0v) is 10.9. The van der Waals surface area contributed by atoms with Gasteiger partial charge in [-0.25, -0.2) is 9.59 Å². The number of rotatable bonds is 5. The second-order valence-corrected chi connectivity index (χ2v) is 3.79. The van der Waals surface area contributed by atoms with Gasteiger partial charge in [-0.3, -0.25) is 0 Å². The van der Waals surface area contributed by atoms with Crippen LogP contribution in [0.1, 0.15) is 13.8 Å². The van der Waals surface area contributed by atoms with Crippen molar-refractivity contribution in [2.24, 2.45) is 0 Å².